The molecule has 0 aliphatic carbocycles. The minimum Gasteiger partial charge on any atom is -0.376 e. The molecule has 0 amide bonds. The molecule has 0 aliphatic rings. The largest absolute Gasteiger partial charge is 0.376 e. The molecule has 108 valence electrons. The minimum absolute atomic E-state index is 0.0781. The molecule has 0 atom stereocenters. The van der Waals surface area contributed by atoms with Crippen LogP contribution in [-0.4, -0.2) is 41.4 Å². The van der Waals surface area contributed by atoms with Gasteiger partial charge in [0, 0.05) is 20.6 Å². The van der Waals surface area contributed by atoms with E-state index >= 15 is 0 Å². The van der Waals surface area contributed by atoms with Gasteiger partial charge in [0.25, 0.3) is 0 Å². The van der Waals surface area contributed by atoms with Crippen LogP contribution in [0, 0.1) is 0 Å². The molecule has 1 aromatic rings. The molecule has 0 heterocycles. The molecule has 0 unspecified atom stereocenters. The Balaban J connectivity index is 2.68. The van der Waals surface area contributed by atoms with Gasteiger partial charge in [-0.2, -0.15) is 0 Å². The van der Waals surface area contributed by atoms with Crippen molar-refractivity contribution in [1.29, 1.82) is 0 Å². The Morgan fingerprint density at radius 1 is 1.16 bits per heavy atom. The zero-order chi connectivity index (χ0) is 14.3. The number of nitrogens with one attached hydrogen (secondary N) is 2. The van der Waals surface area contributed by atoms with Crippen molar-refractivity contribution in [2.75, 3.05) is 42.6 Å². The van der Waals surface area contributed by atoms with Gasteiger partial charge in [-0.1, -0.05) is 19.1 Å². The van der Waals surface area contributed by atoms with Gasteiger partial charge in [-0.05, 0) is 25.1 Å². The average molecular weight is 285 g/mol. The molecule has 0 spiro atoms. The van der Waals surface area contributed by atoms with Crippen molar-refractivity contribution in [1.82, 2.24) is 5.32 Å². The predicted molar refractivity (Wildman–Crippen MR) is 81.3 cm³/mol. The van der Waals surface area contributed by atoms with E-state index in [1.165, 1.54) is 0 Å². The van der Waals surface area contributed by atoms with Crippen LogP contribution < -0.4 is 14.9 Å². The second-order valence-corrected chi connectivity index (χ2v) is 6.42. The fraction of sp³-hybridized carbons (Fsp3) is 0.538. The SMILES string of the molecule is CCCNCCS(=O)(=O)Nc1ccccc1N(C)C. The third-order valence-electron chi connectivity index (χ3n) is 2.63. The number of sulfonamides is 1. The molecule has 0 fully saturated rings. The maximum Gasteiger partial charge on any atom is 0.234 e. The van der Waals surface area contributed by atoms with Gasteiger partial charge in [-0.25, -0.2) is 8.42 Å². The first-order valence-electron chi connectivity index (χ1n) is 6.44. The predicted octanol–water partition coefficient (Wildman–Crippen LogP) is 1.49. The van der Waals surface area contributed by atoms with Gasteiger partial charge in [0.1, 0.15) is 0 Å². The van der Waals surface area contributed by atoms with Crippen LogP contribution in [0.15, 0.2) is 24.3 Å². The molecule has 6 heteroatoms. The van der Waals surface area contributed by atoms with E-state index < -0.39 is 10.0 Å². The van der Waals surface area contributed by atoms with E-state index in [0.717, 1.165) is 18.7 Å². The van der Waals surface area contributed by atoms with Crippen LogP contribution in [0.25, 0.3) is 0 Å². The van der Waals surface area contributed by atoms with Crippen LogP contribution in [0.1, 0.15) is 13.3 Å². The van der Waals surface area contributed by atoms with Crippen LogP contribution in [0.4, 0.5) is 11.4 Å². The van der Waals surface area contributed by atoms with E-state index in [4.69, 9.17) is 0 Å². The van der Waals surface area contributed by atoms with Crippen molar-refractivity contribution < 1.29 is 8.42 Å². The first-order chi connectivity index (χ1) is 8.96. The molecular formula is C13H23N3O2S. The Morgan fingerprint density at radius 2 is 1.84 bits per heavy atom. The van der Waals surface area contributed by atoms with Gasteiger partial charge >= 0.3 is 0 Å². The van der Waals surface area contributed by atoms with Crippen molar-refractivity contribution in [2.24, 2.45) is 0 Å². The van der Waals surface area contributed by atoms with E-state index in [0.29, 0.717) is 12.2 Å². The maximum atomic E-state index is 12.0. The van der Waals surface area contributed by atoms with Crippen LogP contribution in [0.5, 0.6) is 0 Å². The third kappa shape index (κ3) is 5.48. The highest BCUT2D eigenvalue weighted by atomic mass is 32.2. The number of nitrogens with zero attached hydrogens (tertiary/aromatic N) is 1. The lowest BCUT2D eigenvalue weighted by molar-refractivity contribution is 0.595. The number of anilines is 2. The Kier molecular flexibility index (Phi) is 6.11. The van der Waals surface area contributed by atoms with Gasteiger partial charge in [0.2, 0.25) is 10.0 Å². The molecule has 5 nitrogen and oxygen atoms in total. The highest BCUT2D eigenvalue weighted by molar-refractivity contribution is 7.92. The van der Waals surface area contributed by atoms with E-state index in [-0.39, 0.29) is 5.75 Å². The fourth-order valence-electron chi connectivity index (χ4n) is 1.68. The smallest absolute Gasteiger partial charge is 0.234 e. The summed E-state index contributed by atoms with van der Waals surface area (Å²) in [7, 11) is 0.459. The summed E-state index contributed by atoms with van der Waals surface area (Å²) in [4.78, 5) is 1.88. The Hall–Kier alpha value is -1.27. The van der Waals surface area contributed by atoms with Crippen molar-refractivity contribution >= 4 is 21.4 Å². The summed E-state index contributed by atoms with van der Waals surface area (Å²) in [6, 6.07) is 7.36. The van der Waals surface area contributed by atoms with Crippen molar-refractivity contribution in [3.63, 3.8) is 0 Å². The molecule has 0 saturated carbocycles. The summed E-state index contributed by atoms with van der Waals surface area (Å²) >= 11 is 0. The first-order valence-corrected chi connectivity index (χ1v) is 8.09. The van der Waals surface area contributed by atoms with E-state index in [2.05, 4.69) is 10.0 Å². The second-order valence-electron chi connectivity index (χ2n) is 4.58. The van der Waals surface area contributed by atoms with Crippen molar-refractivity contribution in [3.8, 4) is 0 Å². The summed E-state index contributed by atoms with van der Waals surface area (Å²) in [6.07, 6.45) is 0.997. The van der Waals surface area contributed by atoms with E-state index in [9.17, 15) is 8.42 Å². The molecule has 0 bridgehead atoms. The molecule has 0 radical (unpaired) electrons. The summed E-state index contributed by atoms with van der Waals surface area (Å²) in [6.45, 7) is 3.35. The summed E-state index contributed by atoms with van der Waals surface area (Å²) in [5, 5.41) is 3.08. The van der Waals surface area contributed by atoms with Crippen molar-refractivity contribution in [2.45, 2.75) is 13.3 Å². The molecule has 0 aliphatic heterocycles. The Labute approximate surface area is 116 Å². The molecular weight excluding hydrogens is 262 g/mol. The van der Waals surface area contributed by atoms with Crippen molar-refractivity contribution in [3.05, 3.63) is 24.3 Å². The second kappa shape index (κ2) is 7.35. The van der Waals surface area contributed by atoms with Gasteiger partial charge in [0.15, 0.2) is 0 Å². The lowest BCUT2D eigenvalue weighted by Crippen LogP contribution is -2.27. The van der Waals surface area contributed by atoms with Gasteiger partial charge in [-0.15, -0.1) is 0 Å². The summed E-state index contributed by atoms with van der Waals surface area (Å²) < 4.78 is 26.6. The summed E-state index contributed by atoms with van der Waals surface area (Å²) in [5.41, 5.74) is 1.47. The molecule has 2 N–H and O–H groups in total. The van der Waals surface area contributed by atoms with Crippen LogP contribution in [-0.2, 0) is 10.0 Å². The van der Waals surface area contributed by atoms with Crippen LogP contribution >= 0.6 is 0 Å². The standard InChI is InChI=1S/C13H23N3O2S/c1-4-9-14-10-11-19(17,18)15-12-7-5-6-8-13(12)16(2)3/h5-8,14-15H,4,9-11H2,1-3H3. The third-order valence-corrected chi connectivity index (χ3v) is 3.90. The quantitative estimate of drug-likeness (QED) is 0.711. The minimum atomic E-state index is -3.31. The fourth-order valence-corrected chi connectivity index (χ4v) is 2.70. The number of hydrogen-bond donors (Lipinski definition) is 2. The highest BCUT2D eigenvalue weighted by Crippen LogP contribution is 2.24. The Bertz CT molecular complexity index is 486. The lowest BCUT2D eigenvalue weighted by Gasteiger charge is -2.18. The molecule has 19 heavy (non-hydrogen) atoms. The molecule has 1 aromatic carbocycles. The number of hydrogen-bond acceptors (Lipinski definition) is 4. The monoisotopic (exact) mass is 285 g/mol. The number of benzene rings is 1. The maximum absolute atomic E-state index is 12.0. The highest BCUT2D eigenvalue weighted by Gasteiger charge is 2.12. The van der Waals surface area contributed by atoms with Gasteiger partial charge < -0.3 is 10.2 Å². The molecule has 0 aromatic heterocycles. The van der Waals surface area contributed by atoms with Crippen LogP contribution in [0.3, 0.4) is 0 Å². The molecule has 0 saturated heterocycles. The topological polar surface area (TPSA) is 61.4 Å². The zero-order valence-corrected chi connectivity index (χ0v) is 12.6. The van der Waals surface area contributed by atoms with E-state index in [1.807, 2.05) is 44.1 Å². The zero-order valence-electron chi connectivity index (χ0n) is 11.8. The Morgan fingerprint density at radius 3 is 2.47 bits per heavy atom. The number of rotatable bonds is 8. The van der Waals surface area contributed by atoms with E-state index in [1.54, 1.807) is 6.07 Å². The van der Waals surface area contributed by atoms with Gasteiger partial charge in [0.05, 0.1) is 17.1 Å². The number of para-hydroxylation sites is 2. The average Bonchev–Trinajstić information content (AvgIpc) is 2.34. The molecule has 1 rings (SSSR count). The normalized spacial score (nSPS) is 11.3. The summed E-state index contributed by atoms with van der Waals surface area (Å²) in [5.74, 6) is 0.0781. The first kappa shape index (κ1) is 15.8. The lowest BCUT2D eigenvalue weighted by atomic mass is 10.2. The van der Waals surface area contributed by atoms with Crippen LogP contribution in [0.2, 0.25) is 0 Å². The van der Waals surface area contributed by atoms with Gasteiger partial charge in [-0.3, -0.25) is 4.72 Å².